The molecule has 1 fully saturated rings. The van der Waals surface area contributed by atoms with Crippen LogP contribution in [-0.2, 0) is 27.3 Å². The third-order valence-corrected chi connectivity index (χ3v) is 5.68. The van der Waals surface area contributed by atoms with E-state index in [2.05, 4.69) is 9.97 Å². The molecule has 1 aliphatic heterocycles. The first-order chi connectivity index (χ1) is 16.5. The number of imidazole rings is 1. The normalized spacial score (nSPS) is 14.5. The molecule has 0 aliphatic carbocycles. The maximum Gasteiger partial charge on any atom is 0.410 e. The number of hydrogen-bond donors (Lipinski definition) is 0. The minimum Gasteiger partial charge on any atom is -0.444 e. The Balaban J connectivity index is 1.52. The molecule has 0 radical (unpaired) electrons. The summed E-state index contributed by atoms with van der Waals surface area (Å²) in [6.45, 7) is 5.48. The number of aromatic nitrogens is 3. The lowest BCUT2D eigenvalue weighted by Crippen LogP contribution is -2.55. The monoisotopic (exact) mass is 501 g/mol. The van der Waals surface area contributed by atoms with Crippen LogP contribution >= 0.6 is 11.6 Å². The molecule has 3 heterocycles. The predicted molar refractivity (Wildman–Crippen MR) is 126 cm³/mol. The molecule has 1 aromatic carbocycles. The van der Waals surface area contributed by atoms with Gasteiger partial charge in [0.2, 0.25) is 11.8 Å². The van der Waals surface area contributed by atoms with E-state index >= 15 is 0 Å². The Morgan fingerprint density at radius 2 is 1.97 bits per heavy atom. The number of rotatable bonds is 4. The quantitative estimate of drug-likeness (QED) is 0.543. The minimum atomic E-state index is -0.686. The summed E-state index contributed by atoms with van der Waals surface area (Å²) >= 11 is 5.93. The maximum absolute atomic E-state index is 13.6. The van der Waals surface area contributed by atoms with E-state index in [0.717, 1.165) is 4.90 Å². The number of halogens is 2. The minimum absolute atomic E-state index is 0.00837. The molecule has 0 N–H and O–H groups in total. The molecule has 0 atom stereocenters. The van der Waals surface area contributed by atoms with E-state index in [1.807, 2.05) is 0 Å². The molecule has 35 heavy (non-hydrogen) atoms. The van der Waals surface area contributed by atoms with E-state index in [0.29, 0.717) is 22.6 Å². The summed E-state index contributed by atoms with van der Waals surface area (Å²) in [5.74, 6) is -1.04. The molecule has 0 unspecified atom stereocenters. The number of nitrogens with zero attached hydrogens (tertiary/aromatic N) is 5. The van der Waals surface area contributed by atoms with Crippen molar-refractivity contribution in [1.82, 2.24) is 24.3 Å². The molecule has 11 heteroatoms. The van der Waals surface area contributed by atoms with Crippen LogP contribution in [-0.4, -0.2) is 67.5 Å². The second-order valence-corrected chi connectivity index (χ2v) is 9.63. The van der Waals surface area contributed by atoms with Crippen LogP contribution in [0.1, 0.15) is 32.2 Å². The summed E-state index contributed by atoms with van der Waals surface area (Å²) in [5.41, 5.74) is 1.16. The Hall–Kier alpha value is -3.53. The first-order valence-corrected chi connectivity index (χ1v) is 11.4. The van der Waals surface area contributed by atoms with Gasteiger partial charge in [0.05, 0.1) is 18.0 Å². The van der Waals surface area contributed by atoms with Gasteiger partial charge in [0.1, 0.15) is 29.3 Å². The van der Waals surface area contributed by atoms with Gasteiger partial charge in [0.15, 0.2) is 5.65 Å². The number of pyridine rings is 1. The van der Waals surface area contributed by atoms with Gasteiger partial charge in [-0.15, -0.1) is 0 Å². The van der Waals surface area contributed by atoms with E-state index in [1.54, 1.807) is 49.7 Å². The van der Waals surface area contributed by atoms with Gasteiger partial charge in [-0.05, 0) is 50.6 Å². The van der Waals surface area contributed by atoms with Gasteiger partial charge in [-0.3, -0.25) is 19.4 Å². The summed E-state index contributed by atoms with van der Waals surface area (Å²) < 4.78 is 20.7. The van der Waals surface area contributed by atoms with Crippen LogP contribution in [0.5, 0.6) is 0 Å². The van der Waals surface area contributed by atoms with Crippen LogP contribution in [0, 0.1) is 5.82 Å². The maximum atomic E-state index is 13.6. The Morgan fingerprint density at radius 3 is 2.66 bits per heavy atom. The number of imide groups is 1. The Bertz CT molecular complexity index is 1300. The number of fused-ring (bicyclic) bond motifs is 1. The highest BCUT2D eigenvalue weighted by atomic mass is 35.5. The van der Waals surface area contributed by atoms with Crippen molar-refractivity contribution in [3.05, 3.63) is 58.8 Å². The van der Waals surface area contributed by atoms with E-state index in [1.165, 1.54) is 17.0 Å². The molecule has 3 amide bonds. The fourth-order valence-electron chi connectivity index (χ4n) is 3.78. The molecule has 3 aromatic rings. The van der Waals surface area contributed by atoms with Crippen LogP contribution in [0.2, 0.25) is 5.02 Å². The van der Waals surface area contributed by atoms with Gasteiger partial charge in [-0.2, -0.15) is 0 Å². The number of ether oxygens (including phenoxy) is 1. The average Bonchev–Trinajstić information content (AvgIpc) is 3.11. The lowest BCUT2D eigenvalue weighted by Gasteiger charge is -2.34. The average molecular weight is 502 g/mol. The molecule has 0 bridgehead atoms. The first kappa shape index (κ1) is 24.6. The van der Waals surface area contributed by atoms with E-state index in [-0.39, 0.29) is 37.6 Å². The van der Waals surface area contributed by atoms with Crippen LogP contribution in [0.4, 0.5) is 9.18 Å². The topological polar surface area (TPSA) is 97.6 Å². The molecule has 0 spiro atoms. The van der Waals surface area contributed by atoms with Gasteiger partial charge in [-0.25, -0.2) is 19.2 Å². The molecular weight excluding hydrogens is 477 g/mol. The SMILES string of the molecule is CC(C)(C)OC(=O)N1CCN(C(=O)Cc2nc3cccnc3n2Cc2ccc(F)c(Cl)c2)C(=O)C1. The van der Waals surface area contributed by atoms with Crippen molar-refractivity contribution < 1.29 is 23.5 Å². The Labute approximate surface area is 206 Å². The molecular formula is C24H25ClFN5O4. The van der Waals surface area contributed by atoms with Crippen molar-refractivity contribution in [1.29, 1.82) is 0 Å². The van der Waals surface area contributed by atoms with Crippen molar-refractivity contribution in [2.45, 2.75) is 39.3 Å². The van der Waals surface area contributed by atoms with Gasteiger partial charge in [-0.1, -0.05) is 17.7 Å². The molecule has 1 saturated heterocycles. The van der Waals surface area contributed by atoms with Crippen molar-refractivity contribution in [2.75, 3.05) is 19.6 Å². The molecule has 0 saturated carbocycles. The molecule has 9 nitrogen and oxygen atoms in total. The van der Waals surface area contributed by atoms with E-state index < -0.39 is 29.3 Å². The van der Waals surface area contributed by atoms with Crippen molar-refractivity contribution >= 4 is 40.7 Å². The highest BCUT2D eigenvalue weighted by Gasteiger charge is 2.33. The predicted octanol–water partition coefficient (Wildman–Crippen LogP) is 3.42. The Morgan fingerprint density at radius 1 is 1.20 bits per heavy atom. The first-order valence-electron chi connectivity index (χ1n) is 11.1. The number of carbonyl (C=O) groups is 3. The summed E-state index contributed by atoms with van der Waals surface area (Å²) in [6.07, 6.45) is 0.871. The summed E-state index contributed by atoms with van der Waals surface area (Å²) in [4.78, 5) is 49.4. The number of carbonyl (C=O) groups excluding carboxylic acids is 3. The van der Waals surface area contributed by atoms with Crippen LogP contribution in [0.25, 0.3) is 11.2 Å². The zero-order valence-corrected chi connectivity index (χ0v) is 20.4. The third-order valence-electron chi connectivity index (χ3n) is 5.39. The summed E-state index contributed by atoms with van der Waals surface area (Å²) in [5, 5.41) is -0.00837. The summed E-state index contributed by atoms with van der Waals surface area (Å²) in [6, 6.07) is 7.89. The van der Waals surface area contributed by atoms with Crippen molar-refractivity contribution in [2.24, 2.45) is 0 Å². The molecule has 184 valence electrons. The zero-order valence-electron chi connectivity index (χ0n) is 19.6. The van der Waals surface area contributed by atoms with Gasteiger partial charge in [0.25, 0.3) is 0 Å². The molecule has 1 aliphatic rings. The molecule has 4 rings (SSSR count). The smallest absolute Gasteiger partial charge is 0.410 e. The van der Waals surface area contributed by atoms with Crippen molar-refractivity contribution in [3.8, 4) is 0 Å². The largest absolute Gasteiger partial charge is 0.444 e. The highest BCUT2D eigenvalue weighted by molar-refractivity contribution is 6.30. The van der Waals surface area contributed by atoms with Gasteiger partial charge in [0, 0.05) is 19.3 Å². The number of hydrogen-bond acceptors (Lipinski definition) is 6. The fourth-order valence-corrected chi connectivity index (χ4v) is 3.98. The van der Waals surface area contributed by atoms with Gasteiger partial charge < -0.3 is 9.30 Å². The van der Waals surface area contributed by atoms with E-state index in [4.69, 9.17) is 16.3 Å². The van der Waals surface area contributed by atoms with E-state index in [9.17, 15) is 18.8 Å². The number of benzene rings is 1. The fraction of sp³-hybridized carbons (Fsp3) is 0.375. The number of amides is 3. The lowest BCUT2D eigenvalue weighted by atomic mass is 10.2. The third kappa shape index (κ3) is 5.59. The Kier molecular flexibility index (Phi) is 6.75. The molecule has 2 aromatic heterocycles. The van der Waals surface area contributed by atoms with Crippen LogP contribution in [0.15, 0.2) is 36.5 Å². The van der Waals surface area contributed by atoms with Crippen LogP contribution in [0.3, 0.4) is 0 Å². The second-order valence-electron chi connectivity index (χ2n) is 9.23. The lowest BCUT2D eigenvalue weighted by molar-refractivity contribution is -0.148. The number of piperazine rings is 1. The van der Waals surface area contributed by atoms with Crippen molar-refractivity contribution in [3.63, 3.8) is 0 Å². The zero-order chi connectivity index (χ0) is 25.3. The van der Waals surface area contributed by atoms with Gasteiger partial charge >= 0.3 is 6.09 Å². The standard InChI is InChI=1S/C24H25ClFN5O4/c1-24(2,3)35-23(34)29-9-10-30(21(33)14-29)20(32)12-19-28-18-5-4-8-27-22(18)31(19)13-15-6-7-17(26)16(25)11-15/h4-8,11H,9-10,12-14H2,1-3H3. The summed E-state index contributed by atoms with van der Waals surface area (Å²) in [7, 11) is 0. The highest BCUT2D eigenvalue weighted by Crippen LogP contribution is 2.21. The van der Waals surface area contributed by atoms with Crippen LogP contribution < -0.4 is 0 Å². The second kappa shape index (κ2) is 9.61.